The van der Waals surface area contributed by atoms with Crippen molar-refractivity contribution >= 4 is 23.0 Å². The number of nitrogens with one attached hydrogen (secondary N) is 2. The fourth-order valence-corrected chi connectivity index (χ4v) is 4.63. The van der Waals surface area contributed by atoms with Crippen molar-refractivity contribution in [1.82, 2.24) is 0 Å². The van der Waals surface area contributed by atoms with E-state index in [0.29, 0.717) is 23.8 Å². The lowest BCUT2D eigenvalue weighted by molar-refractivity contribution is -0.121. The molecule has 1 saturated carbocycles. The van der Waals surface area contributed by atoms with Crippen LogP contribution in [0.5, 0.6) is 0 Å². The monoisotopic (exact) mass is 395 g/mol. The summed E-state index contributed by atoms with van der Waals surface area (Å²) >= 11 is 0. The fraction of sp³-hybridized carbons (Fsp3) is 0.522. The predicted molar refractivity (Wildman–Crippen MR) is 117 cm³/mol. The molecular weight excluding hydrogens is 366 g/mol. The maximum Gasteiger partial charge on any atom is 0.253 e. The lowest BCUT2D eigenvalue weighted by atomic mass is 9.81. The van der Waals surface area contributed by atoms with Gasteiger partial charge in [-0.15, -0.1) is 0 Å². The van der Waals surface area contributed by atoms with Gasteiger partial charge >= 0.3 is 0 Å². The number of benzene rings is 1. The van der Waals surface area contributed by atoms with Crippen LogP contribution in [-0.4, -0.2) is 25.5 Å². The Morgan fingerprint density at radius 3 is 2.48 bits per heavy atom. The lowest BCUT2D eigenvalue weighted by Gasteiger charge is -2.29. The number of hydrogen-bond donors (Lipinski definition) is 2. The number of anilines is 3. The summed E-state index contributed by atoms with van der Waals surface area (Å²) in [7, 11) is 0. The first-order valence-corrected chi connectivity index (χ1v) is 10.7. The van der Waals surface area contributed by atoms with E-state index in [9.17, 15) is 14.4 Å². The van der Waals surface area contributed by atoms with E-state index in [-0.39, 0.29) is 22.7 Å². The van der Waals surface area contributed by atoms with E-state index in [0.717, 1.165) is 62.9 Å². The third kappa shape index (κ3) is 4.21. The highest BCUT2D eigenvalue weighted by molar-refractivity contribution is 5.92. The van der Waals surface area contributed by atoms with E-state index in [1.165, 1.54) is 0 Å². The molecule has 0 atom stereocenters. The number of amides is 1. The Hall–Kier alpha value is -2.63. The molecule has 1 amide bonds. The van der Waals surface area contributed by atoms with E-state index in [2.05, 4.69) is 10.6 Å². The molecule has 2 aliphatic rings. The molecule has 2 aromatic carbocycles. The van der Waals surface area contributed by atoms with Crippen LogP contribution in [0.15, 0.2) is 33.9 Å². The van der Waals surface area contributed by atoms with E-state index in [1.807, 2.05) is 36.1 Å². The van der Waals surface area contributed by atoms with Gasteiger partial charge in [0.2, 0.25) is 5.91 Å². The molecule has 1 heterocycles. The maximum absolute atomic E-state index is 12.6. The fourth-order valence-electron chi connectivity index (χ4n) is 4.63. The first kappa shape index (κ1) is 19.7. The molecule has 154 valence electrons. The Labute approximate surface area is 171 Å². The van der Waals surface area contributed by atoms with Gasteiger partial charge in [-0.3, -0.25) is 14.4 Å². The van der Waals surface area contributed by atoms with Gasteiger partial charge in [0, 0.05) is 31.2 Å². The van der Waals surface area contributed by atoms with Crippen molar-refractivity contribution in [2.45, 2.75) is 45.4 Å². The second-order valence-corrected chi connectivity index (χ2v) is 8.53. The van der Waals surface area contributed by atoms with E-state index in [1.54, 1.807) is 0 Å². The van der Waals surface area contributed by atoms with Crippen LogP contribution in [0.25, 0.3) is 0 Å². The highest BCUT2D eigenvalue weighted by atomic mass is 16.2. The average Bonchev–Trinajstić information content (AvgIpc) is 3.24. The van der Waals surface area contributed by atoms with Crippen LogP contribution in [0, 0.1) is 18.8 Å². The van der Waals surface area contributed by atoms with Crippen LogP contribution in [0.3, 0.4) is 0 Å². The van der Waals surface area contributed by atoms with Crippen molar-refractivity contribution in [1.29, 1.82) is 0 Å². The third-order valence-corrected chi connectivity index (χ3v) is 6.38. The summed E-state index contributed by atoms with van der Waals surface area (Å²) in [5.74, 6) is 0.563. The van der Waals surface area contributed by atoms with Crippen molar-refractivity contribution < 1.29 is 4.79 Å². The zero-order valence-electron chi connectivity index (χ0n) is 17.0. The smallest absolute Gasteiger partial charge is 0.253 e. The maximum atomic E-state index is 12.6. The van der Waals surface area contributed by atoms with Crippen LogP contribution in [0.4, 0.5) is 17.1 Å². The molecule has 0 bridgehead atoms. The van der Waals surface area contributed by atoms with Gasteiger partial charge in [0.05, 0.1) is 0 Å². The molecule has 0 aromatic heterocycles. The Morgan fingerprint density at radius 1 is 1.07 bits per heavy atom. The zero-order chi connectivity index (χ0) is 20.4. The van der Waals surface area contributed by atoms with Crippen molar-refractivity contribution in [2.75, 3.05) is 35.2 Å². The van der Waals surface area contributed by atoms with Gasteiger partial charge in [0.15, 0.2) is 0 Å². The normalized spacial score (nSPS) is 22.0. The second kappa shape index (κ2) is 8.39. The minimum absolute atomic E-state index is 0.0399. The Morgan fingerprint density at radius 2 is 1.79 bits per heavy atom. The predicted octanol–water partition coefficient (Wildman–Crippen LogP) is 3.05. The summed E-state index contributed by atoms with van der Waals surface area (Å²) in [6.45, 7) is 4.43. The number of rotatable bonds is 6. The average molecular weight is 396 g/mol. The van der Waals surface area contributed by atoms with Crippen molar-refractivity contribution in [2.24, 2.45) is 11.8 Å². The molecule has 1 saturated heterocycles. The molecular formula is C23H29N3O3. The largest absolute Gasteiger partial charge is 0.380 e. The first-order valence-electron chi connectivity index (χ1n) is 10.7. The number of hydrogen-bond acceptors (Lipinski definition) is 5. The van der Waals surface area contributed by atoms with Gasteiger partial charge in [0.1, 0.15) is 11.4 Å². The lowest BCUT2D eigenvalue weighted by Crippen LogP contribution is -2.42. The molecule has 2 aromatic rings. The van der Waals surface area contributed by atoms with Crippen molar-refractivity contribution in [3.63, 3.8) is 0 Å². The number of nitrogens with zero attached hydrogens (tertiary/aromatic N) is 1. The van der Waals surface area contributed by atoms with Crippen LogP contribution < -0.4 is 26.4 Å². The molecule has 0 radical (unpaired) electrons. The molecule has 1 aliphatic heterocycles. The van der Waals surface area contributed by atoms with E-state index < -0.39 is 0 Å². The highest BCUT2D eigenvalue weighted by Crippen LogP contribution is 2.31. The zero-order valence-corrected chi connectivity index (χ0v) is 17.0. The summed E-state index contributed by atoms with van der Waals surface area (Å²) in [6.07, 6.45) is 5.77. The van der Waals surface area contributed by atoms with Crippen LogP contribution in [-0.2, 0) is 4.79 Å². The van der Waals surface area contributed by atoms with Crippen LogP contribution in [0.1, 0.15) is 44.1 Å². The molecule has 29 heavy (non-hydrogen) atoms. The first-order chi connectivity index (χ1) is 14.0. The Bertz CT molecular complexity index is 947. The SMILES string of the molecule is Cc1cccc(NC(=O)C2CCC(CNc3c(N4CCCC4)c(=O)c3=O)CC2)c1. The summed E-state index contributed by atoms with van der Waals surface area (Å²) in [5.41, 5.74) is 2.37. The summed E-state index contributed by atoms with van der Waals surface area (Å²) < 4.78 is 0. The molecule has 1 aliphatic carbocycles. The molecule has 6 nitrogen and oxygen atoms in total. The topological polar surface area (TPSA) is 78.5 Å². The third-order valence-electron chi connectivity index (χ3n) is 6.38. The number of carbonyl (C=O) groups is 1. The molecule has 4 rings (SSSR count). The molecule has 0 spiro atoms. The van der Waals surface area contributed by atoms with Crippen LogP contribution in [0.2, 0.25) is 0 Å². The van der Waals surface area contributed by atoms with E-state index >= 15 is 0 Å². The van der Waals surface area contributed by atoms with Gasteiger partial charge in [-0.2, -0.15) is 0 Å². The van der Waals surface area contributed by atoms with Gasteiger partial charge in [-0.25, -0.2) is 0 Å². The Balaban J connectivity index is 1.26. The number of aryl methyl sites for hydroxylation is 1. The van der Waals surface area contributed by atoms with Crippen molar-refractivity contribution in [3.05, 3.63) is 50.3 Å². The van der Waals surface area contributed by atoms with E-state index in [4.69, 9.17) is 0 Å². The van der Waals surface area contributed by atoms with Gasteiger partial charge in [0.25, 0.3) is 10.9 Å². The molecule has 2 N–H and O–H groups in total. The van der Waals surface area contributed by atoms with Crippen molar-refractivity contribution in [3.8, 4) is 0 Å². The van der Waals surface area contributed by atoms with Crippen LogP contribution >= 0.6 is 0 Å². The summed E-state index contributed by atoms with van der Waals surface area (Å²) in [4.78, 5) is 38.6. The standard InChI is InChI=1S/C23H29N3O3/c1-15-5-4-6-18(13-15)25-23(29)17-9-7-16(8-10-17)14-24-19-20(22(28)21(19)27)26-11-2-3-12-26/h4-6,13,16-17,24H,2-3,7-12,14H2,1H3,(H,25,29). The van der Waals surface area contributed by atoms with Gasteiger partial charge < -0.3 is 15.5 Å². The minimum Gasteiger partial charge on any atom is -0.380 e. The Kier molecular flexibility index (Phi) is 5.69. The molecule has 6 heteroatoms. The highest BCUT2D eigenvalue weighted by Gasteiger charge is 2.30. The summed E-state index contributed by atoms with van der Waals surface area (Å²) in [6, 6.07) is 7.86. The summed E-state index contributed by atoms with van der Waals surface area (Å²) in [5, 5.41) is 6.29. The molecule has 2 fully saturated rings. The minimum atomic E-state index is -0.377. The quantitative estimate of drug-likeness (QED) is 0.735. The van der Waals surface area contributed by atoms with Gasteiger partial charge in [-0.1, -0.05) is 12.1 Å². The molecule has 0 unspecified atom stereocenters. The van der Waals surface area contributed by atoms with Gasteiger partial charge in [-0.05, 0) is 69.1 Å². The second-order valence-electron chi connectivity index (χ2n) is 8.53. The number of carbonyl (C=O) groups excluding carboxylic acids is 1.